The minimum Gasteiger partial charge on any atom is -0.497 e. The predicted molar refractivity (Wildman–Crippen MR) is 156 cm³/mol. The molecule has 0 spiro atoms. The average molecular weight is 534 g/mol. The van der Waals surface area contributed by atoms with Crippen molar-refractivity contribution >= 4 is 22.8 Å². The Morgan fingerprint density at radius 1 is 0.850 bits per heavy atom. The summed E-state index contributed by atoms with van der Waals surface area (Å²) in [6.45, 7) is 4.60. The lowest BCUT2D eigenvalue weighted by Gasteiger charge is -2.35. The van der Waals surface area contributed by atoms with Crippen molar-refractivity contribution in [2.45, 2.75) is 6.92 Å². The average Bonchev–Trinajstić information content (AvgIpc) is 3.41. The van der Waals surface area contributed by atoms with Crippen molar-refractivity contribution in [1.82, 2.24) is 19.4 Å². The number of nitrogens with zero attached hydrogens (tertiary/aromatic N) is 5. The lowest BCUT2D eigenvalue weighted by molar-refractivity contribution is -0.133. The zero-order chi connectivity index (χ0) is 27.5. The molecule has 2 aromatic heterocycles. The van der Waals surface area contributed by atoms with Gasteiger partial charge in [-0.25, -0.2) is 9.97 Å². The molecule has 1 aliphatic rings. The molecule has 202 valence electrons. The van der Waals surface area contributed by atoms with Gasteiger partial charge >= 0.3 is 0 Å². The molecule has 0 aliphatic carbocycles. The smallest absolute Gasteiger partial charge is 0.260 e. The number of carbonyl (C=O) groups excluding carboxylic acids is 1. The number of piperazine rings is 1. The van der Waals surface area contributed by atoms with Crippen molar-refractivity contribution in [3.8, 4) is 28.3 Å². The first-order valence-electron chi connectivity index (χ1n) is 13.4. The van der Waals surface area contributed by atoms with Crippen LogP contribution in [0.1, 0.15) is 5.56 Å². The van der Waals surface area contributed by atoms with Gasteiger partial charge in [-0.15, -0.1) is 0 Å². The van der Waals surface area contributed by atoms with Gasteiger partial charge in [-0.3, -0.25) is 4.79 Å². The van der Waals surface area contributed by atoms with Gasteiger partial charge < -0.3 is 23.8 Å². The van der Waals surface area contributed by atoms with Gasteiger partial charge in [-0.1, -0.05) is 48.0 Å². The molecule has 5 aromatic rings. The molecule has 40 heavy (non-hydrogen) atoms. The van der Waals surface area contributed by atoms with Crippen LogP contribution in [0.2, 0.25) is 0 Å². The van der Waals surface area contributed by atoms with E-state index in [9.17, 15) is 4.79 Å². The van der Waals surface area contributed by atoms with E-state index in [0.29, 0.717) is 31.9 Å². The third kappa shape index (κ3) is 5.08. The van der Waals surface area contributed by atoms with Gasteiger partial charge in [-0.2, -0.15) is 0 Å². The lowest BCUT2D eigenvalue weighted by atomic mass is 10.1. The second-order valence-corrected chi connectivity index (χ2v) is 9.84. The van der Waals surface area contributed by atoms with E-state index in [1.807, 2.05) is 78.6 Å². The largest absolute Gasteiger partial charge is 0.497 e. The van der Waals surface area contributed by atoms with Crippen LogP contribution in [0.4, 0.5) is 5.82 Å². The number of aromatic nitrogens is 3. The molecule has 0 atom stereocenters. The molecule has 1 amide bonds. The number of ether oxygens (including phenoxy) is 2. The van der Waals surface area contributed by atoms with Crippen LogP contribution in [0, 0.1) is 6.92 Å². The molecule has 1 aliphatic heterocycles. The number of hydrogen-bond acceptors (Lipinski definition) is 6. The van der Waals surface area contributed by atoms with Crippen molar-refractivity contribution in [3.63, 3.8) is 0 Å². The zero-order valence-corrected chi connectivity index (χ0v) is 22.7. The Bertz CT molecular complexity index is 1610. The third-order valence-corrected chi connectivity index (χ3v) is 7.31. The van der Waals surface area contributed by atoms with Crippen LogP contribution in [0.5, 0.6) is 11.5 Å². The molecule has 1 saturated heterocycles. The molecule has 6 rings (SSSR count). The van der Waals surface area contributed by atoms with Crippen molar-refractivity contribution in [2.24, 2.45) is 0 Å². The molecule has 0 saturated carbocycles. The Morgan fingerprint density at radius 2 is 1.55 bits per heavy atom. The van der Waals surface area contributed by atoms with E-state index >= 15 is 0 Å². The van der Waals surface area contributed by atoms with Crippen LogP contribution < -0.4 is 14.4 Å². The number of carbonyl (C=O) groups is 1. The molecule has 0 bridgehead atoms. The second kappa shape index (κ2) is 11.1. The summed E-state index contributed by atoms with van der Waals surface area (Å²) in [5, 5.41) is 0.993. The molecule has 1 fully saturated rings. The standard InChI is InChI=1S/C32H31N5O3/c1-23-8-12-27(13-9-23)40-21-29(38)35-16-18-36(19-17-35)31-30-28(24-6-4-3-5-7-24)20-37(32(30)34-22-33-31)25-10-14-26(39-2)15-11-25/h3-15,20,22H,16-19,21H2,1-2H3. The second-order valence-electron chi connectivity index (χ2n) is 9.84. The first kappa shape index (κ1) is 25.4. The predicted octanol–water partition coefficient (Wildman–Crippen LogP) is 5.13. The number of amides is 1. The third-order valence-electron chi connectivity index (χ3n) is 7.31. The van der Waals surface area contributed by atoms with Crippen LogP contribution >= 0.6 is 0 Å². The molecular weight excluding hydrogens is 502 g/mol. The van der Waals surface area contributed by atoms with E-state index in [1.54, 1.807) is 13.4 Å². The maximum absolute atomic E-state index is 12.9. The number of aryl methyl sites for hydroxylation is 1. The summed E-state index contributed by atoms with van der Waals surface area (Å²) in [5.74, 6) is 2.37. The van der Waals surface area contributed by atoms with Crippen molar-refractivity contribution in [1.29, 1.82) is 0 Å². The lowest BCUT2D eigenvalue weighted by Crippen LogP contribution is -2.50. The van der Waals surface area contributed by atoms with Gasteiger partial charge in [0.25, 0.3) is 5.91 Å². The van der Waals surface area contributed by atoms with Crippen LogP contribution in [0.25, 0.3) is 27.8 Å². The highest BCUT2D eigenvalue weighted by Crippen LogP contribution is 2.37. The molecule has 0 unspecified atom stereocenters. The fourth-order valence-corrected chi connectivity index (χ4v) is 5.10. The minimum absolute atomic E-state index is 0.0105. The summed E-state index contributed by atoms with van der Waals surface area (Å²) in [5.41, 5.74) is 5.13. The highest BCUT2D eigenvalue weighted by Gasteiger charge is 2.26. The first-order valence-corrected chi connectivity index (χ1v) is 13.4. The number of rotatable bonds is 7. The summed E-state index contributed by atoms with van der Waals surface area (Å²) in [4.78, 5) is 26.5. The van der Waals surface area contributed by atoms with E-state index < -0.39 is 0 Å². The van der Waals surface area contributed by atoms with E-state index in [0.717, 1.165) is 45.0 Å². The summed E-state index contributed by atoms with van der Waals surface area (Å²) in [7, 11) is 1.66. The summed E-state index contributed by atoms with van der Waals surface area (Å²) < 4.78 is 13.2. The maximum Gasteiger partial charge on any atom is 0.260 e. The van der Waals surface area contributed by atoms with Gasteiger partial charge in [0.1, 0.15) is 23.6 Å². The first-order chi connectivity index (χ1) is 19.6. The summed E-state index contributed by atoms with van der Waals surface area (Å²) in [6, 6.07) is 26.0. The Morgan fingerprint density at radius 3 is 2.25 bits per heavy atom. The SMILES string of the molecule is COc1ccc(-n2cc(-c3ccccc3)c3c(N4CCN(C(=O)COc5ccc(C)cc5)CC4)ncnc32)cc1. The Labute approximate surface area is 233 Å². The molecule has 3 aromatic carbocycles. The van der Waals surface area contributed by atoms with Crippen molar-refractivity contribution in [3.05, 3.63) is 97.0 Å². The molecular formula is C32H31N5O3. The maximum atomic E-state index is 12.9. The number of hydrogen-bond donors (Lipinski definition) is 0. The molecule has 3 heterocycles. The normalized spacial score (nSPS) is 13.4. The zero-order valence-electron chi connectivity index (χ0n) is 22.7. The Hall–Kier alpha value is -4.85. The monoisotopic (exact) mass is 533 g/mol. The number of anilines is 1. The Kier molecular flexibility index (Phi) is 7.06. The van der Waals surface area contributed by atoms with E-state index in [1.165, 1.54) is 0 Å². The van der Waals surface area contributed by atoms with Crippen LogP contribution in [-0.4, -0.2) is 65.2 Å². The van der Waals surface area contributed by atoms with E-state index in [2.05, 4.69) is 27.8 Å². The number of methoxy groups -OCH3 is 1. The van der Waals surface area contributed by atoms with Gasteiger partial charge in [0.05, 0.1) is 12.5 Å². The molecule has 0 radical (unpaired) electrons. The fraction of sp³-hybridized carbons (Fsp3) is 0.219. The summed E-state index contributed by atoms with van der Waals surface area (Å²) in [6.07, 6.45) is 3.75. The molecule has 8 nitrogen and oxygen atoms in total. The molecule has 0 N–H and O–H groups in total. The highest BCUT2D eigenvalue weighted by atomic mass is 16.5. The summed E-state index contributed by atoms with van der Waals surface area (Å²) >= 11 is 0. The van der Waals surface area contributed by atoms with Crippen molar-refractivity contribution in [2.75, 3.05) is 44.8 Å². The van der Waals surface area contributed by atoms with Crippen LogP contribution in [0.3, 0.4) is 0 Å². The van der Waals surface area contributed by atoms with Gasteiger partial charge in [0.15, 0.2) is 12.3 Å². The van der Waals surface area contributed by atoms with E-state index in [-0.39, 0.29) is 12.5 Å². The van der Waals surface area contributed by atoms with Gasteiger partial charge in [-0.05, 0) is 48.9 Å². The van der Waals surface area contributed by atoms with Crippen molar-refractivity contribution < 1.29 is 14.3 Å². The topological polar surface area (TPSA) is 72.7 Å². The van der Waals surface area contributed by atoms with E-state index in [4.69, 9.17) is 19.4 Å². The minimum atomic E-state index is -0.0105. The van der Waals surface area contributed by atoms with Crippen LogP contribution in [0.15, 0.2) is 91.4 Å². The quantitative estimate of drug-likeness (QED) is 0.289. The van der Waals surface area contributed by atoms with Gasteiger partial charge in [0, 0.05) is 43.6 Å². The number of benzene rings is 3. The Balaban J connectivity index is 1.26. The fourth-order valence-electron chi connectivity index (χ4n) is 5.10. The van der Waals surface area contributed by atoms with Crippen LogP contribution in [-0.2, 0) is 4.79 Å². The highest BCUT2D eigenvalue weighted by molar-refractivity contribution is 6.02. The van der Waals surface area contributed by atoms with Gasteiger partial charge in [0.2, 0.25) is 0 Å². The number of fused-ring (bicyclic) bond motifs is 1. The molecule has 8 heteroatoms.